The van der Waals surface area contributed by atoms with E-state index in [1.54, 1.807) is 12.2 Å². The minimum Gasteiger partial charge on any atom is -0.462 e. The molecular weight excluding hydrogens is 862 g/mol. The maximum absolute atomic E-state index is 12.7. The van der Waals surface area contributed by atoms with Gasteiger partial charge in [0.05, 0.1) is 38.1 Å². The highest BCUT2D eigenvalue weighted by atomic mass is 31.2. The van der Waals surface area contributed by atoms with Gasteiger partial charge in [-0.05, 0) is 64.2 Å². The van der Waals surface area contributed by atoms with Crippen molar-refractivity contribution in [2.45, 2.75) is 173 Å². The minimum atomic E-state index is -4.90. The van der Waals surface area contributed by atoms with Crippen molar-refractivity contribution in [2.24, 2.45) is 5.92 Å². The van der Waals surface area contributed by atoms with Crippen LogP contribution in [0.5, 0.6) is 0 Å². The molecule has 17 nitrogen and oxygen atoms in total. The first-order valence-corrected chi connectivity index (χ1v) is 25.4. The van der Waals surface area contributed by atoms with E-state index in [-0.39, 0.29) is 25.2 Å². The Balaban J connectivity index is 2.61. The van der Waals surface area contributed by atoms with Gasteiger partial charge in [-0.1, -0.05) is 113 Å². The van der Waals surface area contributed by atoms with Gasteiger partial charge in [-0.15, -0.1) is 0 Å². The largest absolute Gasteiger partial charge is 0.472 e. The fourth-order valence-corrected chi connectivity index (χ4v) is 7.38. The van der Waals surface area contributed by atoms with Crippen molar-refractivity contribution in [2.75, 3.05) is 26.4 Å². The molecule has 8 atom stereocenters. The van der Waals surface area contributed by atoms with Gasteiger partial charge in [0, 0.05) is 25.2 Å². The summed E-state index contributed by atoms with van der Waals surface area (Å²) in [5.74, 6) is -1.61. The van der Waals surface area contributed by atoms with Gasteiger partial charge < -0.3 is 49.3 Å². The van der Waals surface area contributed by atoms with Crippen LogP contribution in [0.1, 0.15) is 136 Å². The lowest BCUT2D eigenvalue weighted by Crippen LogP contribution is -2.43. The average Bonchev–Trinajstić information content (AvgIpc) is 3.22. The average molecular weight is 939 g/mol. The van der Waals surface area contributed by atoms with Crippen LogP contribution in [0.15, 0.2) is 60.8 Å². The molecule has 63 heavy (non-hydrogen) atoms. The Bertz CT molecular complexity index is 1460. The number of carbonyl (C=O) groups excluding carboxylic acids is 2. The molecule has 364 valence electrons. The van der Waals surface area contributed by atoms with Gasteiger partial charge in [-0.25, -0.2) is 9.13 Å². The second kappa shape index (κ2) is 35.9. The van der Waals surface area contributed by atoms with Crippen LogP contribution in [-0.2, 0) is 46.5 Å². The van der Waals surface area contributed by atoms with Crippen LogP contribution < -0.4 is 0 Å². The fourth-order valence-electron chi connectivity index (χ4n) is 6.22. The van der Waals surface area contributed by atoms with E-state index in [1.807, 2.05) is 12.2 Å². The van der Waals surface area contributed by atoms with Crippen molar-refractivity contribution >= 4 is 27.6 Å². The number of carbonyl (C=O) groups is 2. The van der Waals surface area contributed by atoms with Crippen molar-refractivity contribution in [3.05, 3.63) is 60.8 Å². The smallest absolute Gasteiger partial charge is 0.462 e. The van der Waals surface area contributed by atoms with Crippen molar-refractivity contribution in [3.63, 3.8) is 0 Å². The molecule has 1 heterocycles. The number of phosphoric acid groups is 2. The summed E-state index contributed by atoms with van der Waals surface area (Å²) in [6.07, 6.45) is 26.9. The van der Waals surface area contributed by atoms with Crippen LogP contribution in [0.2, 0.25) is 0 Å². The van der Waals surface area contributed by atoms with Crippen molar-refractivity contribution < 1.29 is 81.6 Å². The molecule has 0 aromatic carbocycles. The summed E-state index contributed by atoms with van der Waals surface area (Å²) in [5.41, 5.74) is 0. The minimum absolute atomic E-state index is 0.00550. The van der Waals surface area contributed by atoms with Crippen molar-refractivity contribution in [1.82, 2.24) is 0 Å². The SMILES string of the molecule is CC/C=C\C/C=C\C/C=C\CCCCCCCC(=O)O[C@H](COC(=O)CCC/C=C\C[C@H]1[C@@H](O)CC(O)O[C@@H]1/C=C/[C@@H](O)CCCCC)COP(=O)(O)OC[C@@H](O)COP(=O)(O)O. The normalized spacial score (nSPS) is 21.2. The standard InChI is InChI=1S/C44H76O17P2/c1-3-5-7-8-9-10-11-12-13-14-15-16-17-18-24-28-43(49)60-38(35-59-63(54,55)58-33-37(46)32-57-62(51,52)53)34-56-42(48)27-23-20-19-22-26-39-40(47)31-44(50)61-41(39)30-29-36(45)25-21-6-4-2/h5,7,9-10,12-13,19,22,29-30,36-41,44-47,50H,3-4,6,8,11,14-18,20-21,23-28,31-35H2,1-2H3,(H,54,55)(H2,51,52,53)/b7-5-,10-9-,13-12-,22-19-,30-29+/t36-,37-,38+,39-,40-,41+,44?/m0/s1. The zero-order valence-electron chi connectivity index (χ0n) is 37.2. The maximum atomic E-state index is 12.7. The fraction of sp³-hybridized carbons (Fsp3) is 0.727. The summed E-state index contributed by atoms with van der Waals surface area (Å²) < 4.78 is 53.4. The third kappa shape index (κ3) is 33.8. The molecule has 2 unspecified atom stereocenters. The predicted octanol–water partition coefficient (Wildman–Crippen LogP) is 7.33. The van der Waals surface area contributed by atoms with Crippen LogP contribution in [0.4, 0.5) is 0 Å². The summed E-state index contributed by atoms with van der Waals surface area (Å²) in [6.45, 7) is 1.20. The van der Waals surface area contributed by atoms with E-state index < -0.39 is 90.8 Å². The Kier molecular flexibility index (Phi) is 33.4. The number of aliphatic hydroxyl groups is 4. The number of hydrogen-bond acceptors (Lipinski definition) is 14. The number of ether oxygens (including phenoxy) is 3. The summed E-state index contributed by atoms with van der Waals surface area (Å²) in [6, 6.07) is 0. The molecule has 0 aromatic rings. The Labute approximate surface area is 374 Å². The number of esters is 2. The lowest BCUT2D eigenvalue weighted by atomic mass is 9.87. The first-order valence-electron chi connectivity index (χ1n) is 22.4. The molecule has 1 aliphatic heterocycles. The van der Waals surface area contributed by atoms with E-state index in [0.717, 1.165) is 70.6 Å². The molecule has 0 aliphatic carbocycles. The van der Waals surface area contributed by atoms with E-state index in [4.69, 9.17) is 28.5 Å². The highest BCUT2D eigenvalue weighted by molar-refractivity contribution is 7.47. The van der Waals surface area contributed by atoms with Crippen LogP contribution in [0.25, 0.3) is 0 Å². The quantitative estimate of drug-likeness (QED) is 0.0139. The molecule has 0 bridgehead atoms. The molecular formula is C44H76O17P2. The summed E-state index contributed by atoms with van der Waals surface area (Å²) in [4.78, 5) is 53.0. The van der Waals surface area contributed by atoms with Gasteiger partial charge in [0.2, 0.25) is 0 Å². The molecule has 1 fully saturated rings. The van der Waals surface area contributed by atoms with Gasteiger partial charge in [0.15, 0.2) is 12.4 Å². The Morgan fingerprint density at radius 1 is 0.714 bits per heavy atom. The Morgan fingerprint density at radius 2 is 1.33 bits per heavy atom. The zero-order valence-corrected chi connectivity index (χ0v) is 39.0. The number of allylic oxidation sites excluding steroid dienone is 8. The van der Waals surface area contributed by atoms with E-state index in [1.165, 1.54) is 0 Å². The Hall–Kier alpha value is -2.34. The highest BCUT2D eigenvalue weighted by Crippen LogP contribution is 2.44. The second-order valence-electron chi connectivity index (χ2n) is 15.5. The van der Waals surface area contributed by atoms with Gasteiger partial charge in [-0.3, -0.25) is 23.2 Å². The molecule has 0 radical (unpaired) electrons. The maximum Gasteiger partial charge on any atom is 0.472 e. The molecule has 1 saturated heterocycles. The number of hydrogen-bond donors (Lipinski definition) is 7. The third-order valence-electron chi connectivity index (χ3n) is 9.68. The molecule has 19 heteroatoms. The van der Waals surface area contributed by atoms with Crippen LogP contribution in [0, 0.1) is 5.92 Å². The molecule has 0 amide bonds. The lowest BCUT2D eigenvalue weighted by molar-refractivity contribution is -0.199. The van der Waals surface area contributed by atoms with Crippen LogP contribution in [-0.4, -0.2) is 110 Å². The van der Waals surface area contributed by atoms with Gasteiger partial charge in [-0.2, -0.15) is 0 Å². The molecule has 0 aromatic heterocycles. The number of rotatable bonds is 37. The summed E-state index contributed by atoms with van der Waals surface area (Å²) in [5, 5.41) is 40.7. The molecule has 1 rings (SSSR count). The predicted molar refractivity (Wildman–Crippen MR) is 238 cm³/mol. The van der Waals surface area contributed by atoms with Crippen molar-refractivity contribution in [3.8, 4) is 0 Å². The lowest BCUT2D eigenvalue weighted by Gasteiger charge is -2.36. The summed E-state index contributed by atoms with van der Waals surface area (Å²) >= 11 is 0. The van der Waals surface area contributed by atoms with E-state index in [9.17, 15) is 44.0 Å². The monoisotopic (exact) mass is 938 g/mol. The van der Waals surface area contributed by atoms with E-state index in [2.05, 4.69) is 59.4 Å². The van der Waals surface area contributed by atoms with Gasteiger partial charge in [0.25, 0.3) is 0 Å². The number of unbranched alkanes of at least 4 members (excludes halogenated alkanes) is 8. The Morgan fingerprint density at radius 3 is 2.05 bits per heavy atom. The highest BCUT2D eigenvalue weighted by Gasteiger charge is 2.35. The van der Waals surface area contributed by atoms with E-state index >= 15 is 0 Å². The van der Waals surface area contributed by atoms with Gasteiger partial charge in [0.1, 0.15) is 12.7 Å². The molecule has 7 N–H and O–H groups in total. The van der Waals surface area contributed by atoms with Gasteiger partial charge >= 0.3 is 27.6 Å². The number of aliphatic hydroxyl groups excluding tert-OH is 4. The first-order chi connectivity index (χ1) is 30.0. The number of phosphoric ester groups is 2. The van der Waals surface area contributed by atoms with Crippen LogP contribution >= 0.6 is 15.6 Å². The van der Waals surface area contributed by atoms with Crippen LogP contribution in [0.3, 0.4) is 0 Å². The molecule has 1 aliphatic rings. The molecule has 0 spiro atoms. The summed E-state index contributed by atoms with van der Waals surface area (Å²) in [7, 11) is -9.79. The molecule has 0 saturated carbocycles. The second-order valence-corrected chi connectivity index (χ2v) is 18.2. The van der Waals surface area contributed by atoms with E-state index in [0.29, 0.717) is 32.1 Å². The van der Waals surface area contributed by atoms with Crippen molar-refractivity contribution in [1.29, 1.82) is 0 Å². The zero-order chi connectivity index (χ0) is 46.8. The third-order valence-corrected chi connectivity index (χ3v) is 11.1. The first kappa shape index (κ1) is 58.7. The topological polar surface area (TPSA) is 265 Å².